The van der Waals surface area contributed by atoms with E-state index in [4.69, 9.17) is 0 Å². The molecule has 2 aliphatic carbocycles. The molecule has 0 aromatic heterocycles. The molecule has 5 nitrogen and oxygen atoms in total. The van der Waals surface area contributed by atoms with Crippen molar-refractivity contribution in [2.75, 3.05) is 0 Å². The lowest BCUT2D eigenvalue weighted by molar-refractivity contribution is -0.123. The number of rotatable bonds is 3. The number of hydrazone groups is 1. The third-order valence-corrected chi connectivity index (χ3v) is 5.72. The number of hydrogen-bond acceptors (Lipinski definition) is 4. The minimum Gasteiger partial charge on any atom is -0.507 e. The molecule has 118 valence electrons. The van der Waals surface area contributed by atoms with E-state index in [1.165, 1.54) is 25.1 Å². The molecule has 0 radical (unpaired) electrons. The fourth-order valence-corrected chi connectivity index (χ4v) is 4.12. The number of halogens is 1. The van der Waals surface area contributed by atoms with Gasteiger partial charge in [-0.2, -0.15) is 5.10 Å². The number of carbonyl (C=O) groups is 1. The van der Waals surface area contributed by atoms with E-state index in [1.807, 2.05) is 0 Å². The summed E-state index contributed by atoms with van der Waals surface area (Å²) in [7, 11) is 0. The van der Waals surface area contributed by atoms with Crippen LogP contribution in [0.2, 0.25) is 0 Å². The molecule has 3 N–H and O–H groups in total. The average Bonchev–Trinajstić information content (AvgIpc) is 3.10. The van der Waals surface area contributed by atoms with Gasteiger partial charge < -0.3 is 10.2 Å². The second-order valence-electron chi connectivity index (χ2n) is 6.43. The molecule has 0 unspecified atom stereocenters. The maximum Gasteiger partial charge on any atom is 0.244 e. The molecule has 22 heavy (non-hydrogen) atoms. The summed E-state index contributed by atoms with van der Waals surface area (Å²) in [4.78, 5) is 12.2. The number of carbonyl (C=O) groups excluding carboxylic acids is 1. The Hall–Kier alpha value is -1.56. The highest BCUT2D eigenvalue weighted by molar-refractivity contribution is 9.10. The van der Waals surface area contributed by atoms with Gasteiger partial charge in [0.1, 0.15) is 11.5 Å². The van der Waals surface area contributed by atoms with Gasteiger partial charge in [-0.1, -0.05) is 19.8 Å². The summed E-state index contributed by atoms with van der Waals surface area (Å²) in [6, 6.07) is 2.77. The quantitative estimate of drug-likeness (QED) is 0.567. The van der Waals surface area contributed by atoms with Gasteiger partial charge in [-0.3, -0.25) is 4.79 Å². The van der Waals surface area contributed by atoms with E-state index >= 15 is 0 Å². The zero-order chi connectivity index (χ0) is 15.9. The van der Waals surface area contributed by atoms with E-state index in [2.05, 4.69) is 33.4 Å². The summed E-state index contributed by atoms with van der Waals surface area (Å²) in [5.41, 5.74) is 3.15. The SMILES string of the molecule is C[C@@]12CCCC[C@@H]1[C@@H]2C(=O)N/N=C\c1cc(Br)c(O)cc1O. The Kier molecular flexibility index (Phi) is 3.89. The van der Waals surface area contributed by atoms with Crippen LogP contribution in [0.15, 0.2) is 21.7 Å². The van der Waals surface area contributed by atoms with Crippen molar-refractivity contribution >= 4 is 28.1 Å². The van der Waals surface area contributed by atoms with Crippen molar-refractivity contribution in [3.05, 3.63) is 22.2 Å². The normalized spacial score (nSPS) is 30.1. The topological polar surface area (TPSA) is 81.9 Å². The van der Waals surface area contributed by atoms with Crippen molar-refractivity contribution in [3.63, 3.8) is 0 Å². The highest BCUT2D eigenvalue weighted by Gasteiger charge is 2.64. The number of fused-ring (bicyclic) bond motifs is 1. The molecule has 0 saturated heterocycles. The number of nitrogens with one attached hydrogen (secondary N) is 1. The summed E-state index contributed by atoms with van der Waals surface area (Å²) in [5, 5.41) is 23.1. The Morgan fingerprint density at radius 2 is 2.18 bits per heavy atom. The van der Waals surface area contributed by atoms with Gasteiger partial charge in [0, 0.05) is 17.5 Å². The Morgan fingerprint density at radius 1 is 1.41 bits per heavy atom. The van der Waals surface area contributed by atoms with Gasteiger partial charge in [0.15, 0.2) is 0 Å². The second kappa shape index (κ2) is 5.57. The molecule has 2 aliphatic rings. The van der Waals surface area contributed by atoms with Crippen LogP contribution in [0.4, 0.5) is 0 Å². The summed E-state index contributed by atoms with van der Waals surface area (Å²) in [6.07, 6.45) is 6.04. The molecule has 0 aliphatic heterocycles. The minimum absolute atomic E-state index is 0.0389. The van der Waals surface area contributed by atoms with Gasteiger partial charge in [0.25, 0.3) is 0 Å². The lowest BCUT2D eigenvalue weighted by Gasteiger charge is -2.15. The highest BCUT2D eigenvalue weighted by atomic mass is 79.9. The Bertz CT molecular complexity index is 647. The second-order valence-corrected chi connectivity index (χ2v) is 7.29. The number of benzene rings is 1. The summed E-state index contributed by atoms with van der Waals surface area (Å²) in [6.45, 7) is 2.19. The van der Waals surface area contributed by atoms with E-state index in [1.54, 1.807) is 6.07 Å². The number of hydrogen-bond donors (Lipinski definition) is 3. The molecule has 0 spiro atoms. The van der Waals surface area contributed by atoms with E-state index in [-0.39, 0.29) is 28.7 Å². The van der Waals surface area contributed by atoms with E-state index in [9.17, 15) is 15.0 Å². The summed E-state index contributed by atoms with van der Waals surface area (Å²) >= 11 is 3.17. The third-order valence-electron chi connectivity index (χ3n) is 5.09. The lowest BCUT2D eigenvalue weighted by atomic mass is 9.90. The van der Waals surface area contributed by atoms with Gasteiger partial charge in [-0.05, 0) is 46.2 Å². The van der Waals surface area contributed by atoms with Crippen molar-refractivity contribution in [2.24, 2.45) is 22.4 Å². The molecule has 1 aromatic rings. The Morgan fingerprint density at radius 3 is 2.86 bits per heavy atom. The Labute approximate surface area is 137 Å². The van der Waals surface area contributed by atoms with E-state index < -0.39 is 0 Å². The Balaban J connectivity index is 1.63. The largest absolute Gasteiger partial charge is 0.507 e. The lowest BCUT2D eigenvalue weighted by Crippen LogP contribution is -2.22. The van der Waals surface area contributed by atoms with Crippen molar-refractivity contribution in [3.8, 4) is 11.5 Å². The number of amides is 1. The molecule has 1 amide bonds. The van der Waals surface area contributed by atoms with Gasteiger partial charge in [-0.25, -0.2) is 5.43 Å². The third kappa shape index (κ3) is 2.60. The first-order valence-corrected chi connectivity index (χ1v) is 8.27. The molecule has 2 fully saturated rings. The van der Waals surface area contributed by atoms with Gasteiger partial charge in [0.05, 0.1) is 10.7 Å². The van der Waals surface area contributed by atoms with Gasteiger partial charge in [0.2, 0.25) is 5.91 Å². The number of phenolic OH excluding ortho intramolecular Hbond substituents is 2. The zero-order valence-corrected chi connectivity index (χ0v) is 13.9. The first-order chi connectivity index (χ1) is 10.4. The molecule has 3 atom stereocenters. The van der Waals surface area contributed by atoms with Crippen molar-refractivity contribution in [1.82, 2.24) is 5.43 Å². The number of nitrogens with zero attached hydrogens (tertiary/aromatic N) is 1. The zero-order valence-electron chi connectivity index (χ0n) is 12.3. The number of phenols is 2. The fourth-order valence-electron chi connectivity index (χ4n) is 3.76. The van der Waals surface area contributed by atoms with Gasteiger partial charge >= 0.3 is 0 Å². The highest BCUT2D eigenvalue weighted by Crippen LogP contribution is 2.66. The fraction of sp³-hybridized carbons (Fsp3) is 0.500. The average molecular weight is 367 g/mol. The molecular weight excluding hydrogens is 348 g/mol. The van der Waals surface area contributed by atoms with Crippen LogP contribution in [0.3, 0.4) is 0 Å². The van der Waals surface area contributed by atoms with E-state index in [0.717, 1.165) is 12.8 Å². The summed E-state index contributed by atoms with van der Waals surface area (Å²) < 4.78 is 0.457. The van der Waals surface area contributed by atoms with Crippen LogP contribution in [0.5, 0.6) is 11.5 Å². The van der Waals surface area contributed by atoms with Crippen molar-refractivity contribution in [2.45, 2.75) is 32.6 Å². The van der Waals surface area contributed by atoms with Crippen LogP contribution in [0.25, 0.3) is 0 Å². The summed E-state index contributed by atoms with van der Waals surface area (Å²) in [5.74, 6) is 0.377. The van der Waals surface area contributed by atoms with Gasteiger partial charge in [-0.15, -0.1) is 0 Å². The van der Waals surface area contributed by atoms with Crippen LogP contribution < -0.4 is 5.43 Å². The molecule has 6 heteroatoms. The van der Waals surface area contributed by atoms with Crippen molar-refractivity contribution < 1.29 is 15.0 Å². The molecule has 3 rings (SSSR count). The van der Waals surface area contributed by atoms with E-state index in [0.29, 0.717) is 16.0 Å². The van der Waals surface area contributed by atoms with Crippen LogP contribution in [0.1, 0.15) is 38.2 Å². The predicted octanol–water partition coefficient (Wildman–Crippen LogP) is 3.14. The first kappa shape index (κ1) is 15.3. The molecule has 2 saturated carbocycles. The van der Waals surface area contributed by atoms with Crippen LogP contribution in [-0.2, 0) is 4.79 Å². The molecule has 0 heterocycles. The van der Waals surface area contributed by atoms with Crippen LogP contribution in [0, 0.1) is 17.3 Å². The predicted molar refractivity (Wildman–Crippen MR) is 86.8 cm³/mol. The number of aromatic hydroxyl groups is 2. The van der Waals surface area contributed by atoms with Crippen LogP contribution in [-0.4, -0.2) is 22.3 Å². The standard InChI is InChI=1S/C16H19BrN2O3/c1-16-5-3-2-4-10(16)14(16)15(22)19-18-8-9-6-11(17)13(21)7-12(9)20/h6-8,10,14,20-21H,2-5H2,1H3,(H,19,22)/b18-8-/t10-,14-,16-/m1/s1. The smallest absolute Gasteiger partial charge is 0.244 e. The van der Waals surface area contributed by atoms with Crippen molar-refractivity contribution in [1.29, 1.82) is 0 Å². The minimum atomic E-state index is -0.0919. The van der Waals surface area contributed by atoms with Crippen LogP contribution >= 0.6 is 15.9 Å². The molecular formula is C16H19BrN2O3. The first-order valence-electron chi connectivity index (χ1n) is 7.48. The maximum atomic E-state index is 12.2. The molecule has 1 aromatic carbocycles. The maximum absolute atomic E-state index is 12.2. The molecule has 0 bridgehead atoms. The monoisotopic (exact) mass is 366 g/mol.